The molecule has 0 heterocycles. The highest BCUT2D eigenvalue weighted by Crippen LogP contribution is 2.35. The molecule has 3 rings (SSSR count). The van der Waals surface area contributed by atoms with E-state index < -0.39 is 0 Å². The van der Waals surface area contributed by atoms with Crippen LogP contribution in [0.5, 0.6) is 0 Å². The first-order chi connectivity index (χ1) is 9.66. The molecule has 104 valence electrons. The zero-order chi connectivity index (χ0) is 14.1. The first-order valence-corrected chi connectivity index (χ1v) is 7.71. The Labute approximate surface area is 133 Å². The highest BCUT2D eigenvalue weighted by molar-refractivity contribution is 6.44. The van der Waals surface area contributed by atoms with Crippen molar-refractivity contribution in [2.45, 2.75) is 18.9 Å². The lowest BCUT2D eigenvalue weighted by Crippen LogP contribution is -2.28. The summed E-state index contributed by atoms with van der Waals surface area (Å²) >= 11 is 18.4. The fourth-order valence-electron chi connectivity index (χ4n) is 2.65. The average Bonchev–Trinajstić information content (AvgIpc) is 2.43. The third-order valence-corrected chi connectivity index (χ3v) is 4.99. The lowest BCUT2D eigenvalue weighted by atomic mass is 9.77. The zero-order valence-electron chi connectivity index (χ0n) is 10.8. The van der Waals surface area contributed by atoms with Gasteiger partial charge in [-0.25, -0.2) is 0 Å². The number of hydrogen-bond donors (Lipinski definition) is 1. The predicted molar refractivity (Wildman–Crippen MR) is 86.1 cm³/mol. The summed E-state index contributed by atoms with van der Waals surface area (Å²) in [4.78, 5) is 0. The summed E-state index contributed by atoms with van der Waals surface area (Å²) in [5, 5.41) is 5.17. The molecule has 2 aromatic rings. The van der Waals surface area contributed by atoms with Crippen LogP contribution in [-0.2, 0) is 13.0 Å². The van der Waals surface area contributed by atoms with Gasteiger partial charge < -0.3 is 5.32 Å². The van der Waals surface area contributed by atoms with Gasteiger partial charge in [0.25, 0.3) is 0 Å². The number of benzene rings is 2. The van der Waals surface area contributed by atoms with E-state index in [0.717, 1.165) is 18.5 Å². The van der Waals surface area contributed by atoms with Gasteiger partial charge in [0, 0.05) is 29.6 Å². The number of hydrogen-bond acceptors (Lipinski definition) is 1. The van der Waals surface area contributed by atoms with Gasteiger partial charge in [-0.3, -0.25) is 0 Å². The smallest absolute Gasteiger partial charge is 0.0652 e. The van der Waals surface area contributed by atoms with Crippen molar-refractivity contribution in [3.05, 3.63) is 68.2 Å². The van der Waals surface area contributed by atoms with Crippen LogP contribution in [0.4, 0.5) is 0 Å². The Kier molecular flexibility index (Phi) is 4.23. The molecule has 0 saturated heterocycles. The fraction of sp³-hybridized carbons (Fsp3) is 0.250. The van der Waals surface area contributed by atoms with E-state index in [1.54, 1.807) is 12.1 Å². The monoisotopic (exact) mass is 325 g/mol. The molecule has 0 bridgehead atoms. The molecule has 0 aliphatic heterocycles. The van der Waals surface area contributed by atoms with E-state index in [1.807, 2.05) is 0 Å². The van der Waals surface area contributed by atoms with E-state index in [-0.39, 0.29) is 0 Å². The molecule has 0 amide bonds. The summed E-state index contributed by atoms with van der Waals surface area (Å²) in [7, 11) is 0. The van der Waals surface area contributed by atoms with Gasteiger partial charge in [-0.2, -0.15) is 0 Å². The van der Waals surface area contributed by atoms with Gasteiger partial charge in [-0.15, -0.1) is 0 Å². The Hall–Kier alpha value is -0.730. The van der Waals surface area contributed by atoms with Crippen molar-refractivity contribution in [3.8, 4) is 0 Å². The molecule has 0 spiro atoms. The maximum absolute atomic E-state index is 6.19. The van der Waals surface area contributed by atoms with E-state index in [0.29, 0.717) is 27.5 Å². The van der Waals surface area contributed by atoms with Crippen LogP contribution in [0.2, 0.25) is 15.1 Å². The molecule has 0 aromatic heterocycles. The van der Waals surface area contributed by atoms with Crippen molar-refractivity contribution in [1.29, 1.82) is 0 Å². The molecule has 1 aliphatic carbocycles. The molecule has 0 radical (unpaired) electrons. The molecule has 4 heteroatoms. The predicted octanol–water partition coefficient (Wildman–Crippen LogP) is 5.08. The van der Waals surface area contributed by atoms with Crippen molar-refractivity contribution in [3.63, 3.8) is 0 Å². The normalized spacial score (nSPS) is 16.6. The van der Waals surface area contributed by atoms with Crippen molar-refractivity contribution in [2.75, 3.05) is 6.54 Å². The van der Waals surface area contributed by atoms with E-state index in [4.69, 9.17) is 34.8 Å². The zero-order valence-corrected chi connectivity index (χ0v) is 13.1. The average molecular weight is 327 g/mol. The van der Waals surface area contributed by atoms with Gasteiger partial charge in [0.1, 0.15) is 0 Å². The number of nitrogens with one attached hydrogen (secondary N) is 1. The van der Waals surface area contributed by atoms with Crippen LogP contribution < -0.4 is 5.32 Å². The van der Waals surface area contributed by atoms with Crippen molar-refractivity contribution < 1.29 is 0 Å². The molecular formula is C16H14Cl3N. The lowest BCUT2D eigenvalue weighted by molar-refractivity contribution is 0.536. The Balaban J connectivity index is 1.61. The molecule has 1 nitrogen and oxygen atoms in total. The second kappa shape index (κ2) is 5.95. The Bertz CT molecular complexity index is 640. The molecule has 1 aliphatic rings. The first-order valence-electron chi connectivity index (χ1n) is 6.57. The summed E-state index contributed by atoms with van der Waals surface area (Å²) in [5.41, 5.74) is 3.77. The molecule has 0 saturated carbocycles. The number of halogens is 3. The van der Waals surface area contributed by atoms with Crippen molar-refractivity contribution in [1.82, 2.24) is 5.32 Å². The third-order valence-electron chi connectivity index (χ3n) is 3.79. The van der Waals surface area contributed by atoms with E-state index in [2.05, 4.69) is 29.6 Å². The number of rotatable bonds is 4. The van der Waals surface area contributed by atoms with Gasteiger partial charge in [0.15, 0.2) is 0 Å². The first kappa shape index (κ1) is 14.2. The quantitative estimate of drug-likeness (QED) is 0.773. The minimum atomic E-state index is 0.542. The summed E-state index contributed by atoms with van der Waals surface area (Å²) in [6, 6.07) is 12.1. The third kappa shape index (κ3) is 2.68. The summed E-state index contributed by atoms with van der Waals surface area (Å²) < 4.78 is 0. The molecule has 0 fully saturated rings. The summed E-state index contributed by atoms with van der Waals surface area (Å²) in [6.45, 7) is 1.56. The van der Waals surface area contributed by atoms with Crippen LogP contribution in [0, 0.1) is 0 Å². The standard InChI is InChI=1S/C16H14Cl3N/c17-14-5-6-15(18)16(19)13(14)9-20-8-11-7-10-3-1-2-4-12(10)11/h1-6,11,20H,7-9H2. The SMILES string of the molecule is Clc1ccc(Cl)c(CNCC2Cc3ccccc32)c1Cl. The fourth-order valence-corrected chi connectivity index (χ4v) is 3.33. The number of fused-ring (bicyclic) bond motifs is 1. The summed E-state index contributed by atoms with van der Waals surface area (Å²) in [5.74, 6) is 0.586. The van der Waals surface area contributed by atoms with Gasteiger partial charge in [-0.05, 0) is 29.7 Å². The van der Waals surface area contributed by atoms with Crippen LogP contribution in [0.25, 0.3) is 0 Å². The maximum Gasteiger partial charge on any atom is 0.0652 e. The largest absolute Gasteiger partial charge is 0.312 e. The molecule has 2 aromatic carbocycles. The highest BCUT2D eigenvalue weighted by Gasteiger charge is 2.24. The minimum Gasteiger partial charge on any atom is -0.312 e. The van der Waals surface area contributed by atoms with E-state index in [9.17, 15) is 0 Å². The molecule has 1 unspecified atom stereocenters. The Morgan fingerprint density at radius 1 is 1.00 bits per heavy atom. The van der Waals surface area contributed by atoms with Crippen LogP contribution >= 0.6 is 34.8 Å². The topological polar surface area (TPSA) is 12.0 Å². The summed E-state index contributed by atoms with van der Waals surface area (Å²) in [6.07, 6.45) is 1.14. The van der Waals surface area contributed by atoms with Gasteiger partial charge in [0.05, 0.1) is 10.0 Å². The van der Waals surface area contributed by atoms with E-state index >= 15 is 0 Å². The van der Waals surface area contributed by atoms with Crippen molar-refractivity contribution in [2.24, 2.45) is 0 Å². The molecule has 1 atom stereocenters. The van der Waals surface area contributed by atoms with Crippen LogP contribution in [0.1, 0.15) is 22.6 Å². The van der Waals surface area contributed by atoms with E-state index in [1.165, 1.54) is 11.1 Å². The molecule has 20 heavy (non-hydrogen) atoms. The second-order valence-electron chi connectivity index (χ2n) is 5.05. The Morgan fingerprint density at radius 2 is 1.75 bits per heavy atom. The molecular weight excluding hydrogens is 313 g/mol. The van der Waals surface area contributed by atoms with Gasteiger partial charge in [0.2, 0.25) is 0 Å². The van der Waals surface area contributed by atoms with Crippen LogP contribution in [0.15, 0.2) is 36.4 Å². The Morgan fingerprint density at radius 3 is 2.55 bits per heavy atom. The van der Waals surface area contributed by atoms with Crippen LogP contribution in [-0.4, -0.2) is 6.54 Å². The maximum atomic E-state index is 6.19. The van der Waals surface area contributed by atoms with Crippen LogP contribution in [0.3, 0.4) is 0 Å². The molecule has 1 N–H and O–H groups in total. The van der Waals surface area contributed by atoms with Gasteiger partial charge >= 0.3 is 0 Å². The highest BCUT2D eigenvalue weighted by atomic mass is 35.5. The second-order valence-corrected chi connectivity index (χ2v) is 6.24. The lowest BCUT2D eigenvalue weighted by Gasteiger charge is -2.30. The van der Waals surface area contributed by atoms with Crippen molar-refractivity contribution >= 4 is 34.8 Å². The minimum absolute atomic E-state index is 0.542. The van der Waals surface area contributed by atoms with Gasteiger partial charge in [-0.1, -0.05) is 59.1 Å².